The van der Waals surface area contributed by atoms with E-state index in [-0.39, 0.29) is 36.0 Å². The summed E-state index contributed by atoms with van der Waals surface area (Å²) in [5, 5.41) is 24.1. The lowest BCUT2D eigenvalue weighted by Gasteiger charge is -2.62. The van der Waals surface area contributed by atoms with Gasteiger partial charge in [0, 0.05) is 16.9 Å². The first-order valence-electron chi connectivity index (χ1n) is 15.9. The molecule has 0 aliphatic heterocycles. The van der Waals surface area contributed by atoms with Crippen LogP contribution in [0.2, 0.25) is 0 Å². The maximum Gasteiger partial charge on any atom is 0.190 e. The van der Waals surface area contributed by atoms with E-state index in [1.807, 2.05) is 32.9 Å². The van der Waals surface area contributed by atoms with Gasteiger partial charge in [-0.2, -0.15) is 0 Å². The summed E-state index contributed by atoms with van der Waals surface area (Å²) in [7, 11) is 0. The molecule has 2 aromatic carbocycles. The fourth-order valence-corrected chi connectivity index (χ4v) is 9.71. The number of phenolic OH excluding ortho intramolecular Hbond substituents is 1. The minimum absolute atomic E-state index is 0.00476. The van der Waals surface area contributed by atoms with Crippen LogP contribution in [-0.4, -0.2) is 44.7 Å². The highest BCUT2D eigenvalue weighted by Crippen LogP contribution is 2.64. The Morgan fingerprint density at radius 2 is 1.61 bits per heavy atom. The van der Waals surface area contributed by atoms with Crippen LogP contribution in [0.25, 0.3) is 11.1 Å². The van der Waals surface area contributed by atoms with E-state index in [0.717, 1.165) is 37.3 Å². The number of benzene rings is 2. The lowest BCUT2D eigenvalue weighted by molar-refractivity contribution is -0.205. The van der Waals surface area contributed by atoms with Crippen molar-refractivity contribution in [2.24, 2.45) is 34.5 Å². The summed E-state index contributed by atoms with van der Waals surface area (Å²) in [6.45, 7) is 12.2. The Morgan fingerprint density at radius 3 is 2.23 bits per heavy atom. The van der Waals surface area contributed by atoms with Crippen LogP contribution in [0.1, 0.15) is 99.8 Å². The molecule has 6 rings (SSSR count). The lowest BCUT2D eigenvalue weighted by Crippen LogP contribution is -2.76. The summed E-state index contributed by atoms with van der Waals surface area (Å²) < 4.78 is 0. The number of fused-ring (bicyclic) bond motifs is 4. The van der Waals surface area contributed by atoms with Crippen LogP contribution in [0, 0.1) is 34.5 Å². The molecule has 4 aliphatic carbocycles. The highest BCUT2D eigenvalue weighted by atomic mass is 16.3. The van der Waals surface area contributed by atoms with Crippen molar-refractivity contribution in [2.45, 2.75) is 92.1 Å². The zero-order chi connectivity index (χ0) is 32.3. The number of ketones is 5. The zero-order valence-corrected chi connectivity index (χ0v) is 26.7. The fourth-order valence-electron chi connectivity index (χ4n) is 9.71. The Kier molecular flexibility index (Phi) is 6.79. The van der Waals surface area contributed by atoms with Crippen molar-refractivity contribution in [3.63, 3.8) is 0 Å². The molecule has 0 spiro atoms. The number of aryl methyl sites for hydroxylation is 2. The van der Waals surface area contributed by atoms with Crippen molar-refractivity contribution in [1.82, 2.24) is 0 Å². The van der Waals surface area contributed by atoms with Crippen LogP contribution in [0.5, 0.6) is 5.75 Å². The molecule has 3 unspecified atom stereocenters. The maximum absolute atomic E-state index is 14.6. The molecule has 7 nitrogen and oxygen atoms in total. The van der Waals surface area contributed by atoms with E-state index < -0.39 is 63.1 Å². The van der Waals surface area contributed by atoms with E-state index >= 15 is 0 Å². The van der Waals surface area contributed by atoms with Gasteiger partial charge in [-0.3, -0.25) is 24.0 Å². The number of aromatic hydroxyl groups is 1. The highest BCUT2D eigenvalue weighted by Gasteiger charge is 2.76. The number of hydrogen-bond acceptors (Lipinski definition) is 7. The molecular weight excluding hydrogens is 556 g/mol. The Balaban J connectivity index is 1.57. The smallest absolute Gasteiger partial charge is 0.190 e. The van der Waals surface area contributed by atoms with Gasteiger partial charge in [-0.05, 0) is 90.2 Å². The molecule has 44 heavy (non-hydrogen) atoms. The largest absolute Gasteiger partial charge is 0.507 e. The topological polar surface area (TPSA) is 126 Å². The second-order valence-corrected chi connectivity index (χ2v) is 15.0. The number of aliphatic hydroxyl groups is 1. The molecule has 0 bridgehead atoms. The van der Waals surface area contributed by atoms with Gasteiger partial charge in [-0.1, -0.05) is 59.7 Å². The van der Waals surface area contributed by atoms with Gasteiger partial charge in [0.15, 0.2) is 28.7 Å². The summed E-state index contributed by atoms with van der Waals surface area (Å²) in [5.41, 5.74) is 0.188. The average Bonchev–Trinajstić information content (AvgIpc) is 3.38. The van der Waals surface area contributed by atoms with Gasteiger partial charge in [0.05, 0.1) is 11.5 Å². The van der Waals surface area contributed by atoms with Crippen molar-refractivity contribution in [1.29, 1.82) is 0 Å². The fraction of sp³-hybridized carbons (Fsp3) is 0.541. The third kappa shape index (κ3) is 3.80. The first-order chi connectivity index (χ1) is 20.5. The van der Waals surface area contributed by atoms with E-state index in [4.69, 9.17) is 0 Å². The van der Waals surface area contributed by atoms with Gasteiger partial charge in [0.1, 0.15) is 17.5 Å². The number of rotatable bonds is 4. The molecule has 232 valence electrons. The molecule has 7 heteroatoms. The lowest BCUT2D eigenvalue weighted by atomic mass is 9.39. The molecule has 6 atom stereocenters. The molecule has 0 amide bonds. The minimum Gasteiger partial charge on any atom is -0.507 e. The van der Waals surface area contributed by atoms with Gasteiger partial charge in [-0.25, -0.2) is 0 Å². The maximum atomic E-state index is 14.6. The van der Waals surface area contributed by atoms with Crippen molar-refractivity contribution in [2.75, 3.05) is 0 Å². The van der Waals surface area contributed by atoms with Gasteiger partial charge in [-0.15, -0.1) is 0 Å². The van der Waals surface area contributed by atoms with Gasteiger partial charge in [0.25, 0.3) is 0 Å². The van der Waals surface area contributed by atoms with Crippen LogP contribution < -0.4 is 0 Å². The van der Waals surface area contributed by atoms with Crippen molar-refractivity contribution in [3.8, 4) is 16.9 Å². The molecule has 0 aromatic heterocycles. The summed E-state index contributed by atoms with van der Waals surface area (Å²) in [4.78, 5) is 69.5. The quantitative estimate of drug-likeness (QED) is 0.453. The van der Waals surface area contributed by atoms with Crippen LogP contribution in [-0.2, 0) is 38.4 Å². The second kappa shape index (κ2) is 9.77. The van der Waals surface area contributed by atoms with Crippen LogP contribution in [0.15, 0.2) is 24.3 Å². The van der Waals surface area contributed by atoms with Crippen LogP contribution in [0.3, 0.4) is 0 Å². The molecule has 2 aromatic rings. The zero-order valence-electron chi connectivity index (χ0n) is 26.7. The Hall–Kier alpha value is -3.45. The number of hydrogen-bond donors (Lipinski definition) is 2. The third-order valence-corrected chi connectivity index (χ3v) is 11.4. The average molecular weight is 599 g/mol. The van der Waals surface area contributed by atoms with E-state index in [0.29, 0.717) is 11.1 Å². The van der Waals surface area contributed by atoms with E-state index in [9.17, 15) is 34.2 Å². The normalized spacial score (nSPS) is 32.9. The summed E-state index contributed by atoms with van der Waals surface area (Å²) >= 11 is 0. The number of carbonyl (C=O) groups is 5. The predicted molar refractivity (Wildman–Crippen MR) is 164 cm³/mol. The molecule has 2 fully saturated rings. The number of Topliss-reactive ketones (excluding diaryl/α,β-unsaturated/α-hetero) is 5. The molecule has 2 saturated carbocycles. The van der Waals surface area contributed by atoms with E-state index in [1.54, 1.807) is 20.8 Å². The third-order valence-electron chi connectivity index (χ3n) is 11.4. The van der Waals surface area contributed by atoms with Crippen molar-refractivity contribution in [3.05, 3.63) is 52.1 Å². The van der Waals surface area contributed by atoms with E-state index in [1.165, 1.54) is 11.1 Å². The monoisotopic (exact) mass is 598 g/mol. The second-order valence-electron chi connectivity index (χ2n) is 15.0. The van der Waals surface area contributed by atoms with E-state index in [2.05, 4.69) is 12.1 Å². The summed E-state index contributed by atoms with van der Waals surface area (Å²) in [6.07, 6.45) is 3.34. The summed E-state index contributed by atoms with van der Waals surface area (Å²) in [6, 6.07) is 8.05. The standard InChI is InChI=1S/C37H42O7/c1-17(2)23-14-24(22-12-11-20-9-8-10-21(20)13-22)30(39)27-25(23)15-35(6)16-36(7)28(18(3)4)31(40)26(19(5)38)33(42)37(36,44)34(43)29(35)32(27)41/h11-14,17-18,26,28-29,39,44H,8-10,15-16H2,1-7H3/t26?,28?,29?,35-,36-,37+/m1/s1. The first-order valence-corrected chi connectivity index (χ1v) is 15.9. The minimum atomic E-state index is -2.70. The van der Waals surface area contributed by atoms with Crippen LogP contribution in [0.4, 0.5) is 0 Å². The molecular formula is C37H42O7. The Labute approximate surface area is 258 Å². The molecule has 0 heterocycles. The van der Waals surface area contributed by atoms with Crippen LogP contribution >= 0.6 is 0 Å². The molecule has 0 radical (unpaired) electrons. The number of carbonyl (C=O) groups excluding carboxylic acids is 5. The molecule has 0 saturated heterocycles. The van der Waals surface area contributed by atoms with Gasteiger partial charge >= 0.3 is 0 Å². The number of phenols is 1. The first kappa shape index (κ1) is 30.6. The molecule has 4 aliphatic rings. The highest BCUT2D eigenvalue weighted by molar-refractivity contribution is 6.32. The van der Waals surface area contributed by atoms with Crippen molar-refractivity contribution >= 4 is 28.9 Å². The van der Waals surface area contributed by atoms with Gasteiger partial charge < -0.3 is 10.2 Å². The molecule has 2 N–H and O–H groups in total. The Bertz CT molecular complexity index is 1680. The predicted octanol–water partition coefficient (Wildman–Crippen LogP) is 5.37. The van der Waals surface area contributed by atoms with Crippen molar-refractivity contribution < 1.29 is 34.2 Å². The van der Waals surface area contributed by atoms with Gasteiger partial charge in [0.2, 0.25) is 0 Å². The SMILES string of the molecule is CC(=O)C1C(=O)C(C(C)C)[C@@]2(C)C[C@@]3(C)Cc4c(C(C)C)cc(-c5ccc6c(c5)CCC6)c(O)c4C(=O)C3C(=O)[C@@]2(O)C1=O. The Morgan fingerprint density at radius 1 is 0.955 bits per heavy atom. The summed E-state index contributed by atoms with van der Waals surface area (Å²) in [5.74, 6) is -8.71.